The Balaban J connectivity index is 1.71. The predicted molar refractivity (Wildman–Crippen MR) is 102 cm³/mol. The summed E-state index contributed by atoms with van der Waals surface area (Å²) in [5.74, 6) is -0.940. The van der Waals surface area contributed by atoms with Crippen LogP contribution in [0, 0.1) is 0 Å². The van der Waals surface area contributed by atoms with Crippen molar-refractivity contribution < 1.29 is 22.7 Å². The van der Waals surface area contributed by atoms with Crippen molar-refractivity contribution in [3.05, 3.63) is 59.7 Å². The van der Waals surface area contributed by atoms with E-state index in [0.717, 1.165) is 30.3 Å². The van der Waals surface area contributed by atoms with Gasteiger partial charge in [0.1, 0.15) is 0 Å². The van der Waals surface area contributed by atoms with Crippen LogP contribution in [0.4, 0.5) is 5.69 Å². The van der Waals surface area contributed by atoms with E-state index in [9.17, 15) is 18.0 Å². The van der Waals surface area contributed by atoms with E-state index in [2.05, 4.69) is 0 Å². The summed E-state index contributed by atoms with van der Waals surface area (Å²) in [7, 11) is -3.34. The SMILES string of the molecule is CC(OC(=O)c1ccc(S(C)(=O)=O)cc1)C(=O)N1CCCc2ccccc21. The van der Waals surface area contributed by atoms with E-state index < -0.39 is 21.9 Å². The second-order valence-electron chi connectivity index (χ2n) is 6.57. The quantitative estimate of drug-likeness (QED) is 0.754. The highest BCUT2D eigenvalue weighted by Crippen LogP contribution is 2.27. The number of benzene rings is 2. The molecule has 0 spiro atoms. The number of sulfone groups is 1. The summed E-state index contributed by atoms with van der Waals surface area (Å²) in [6.07, 6.45) is 1.92. The van der Waals surface area contributed by atoms with E-state index in [-0.39, 0.29) is 16.4 Å². The first kappa shape index (κ1) is 19.1. The zero-order chi connectivity index (χ0) is 19.6. The molecule has 1 amide bonds. The smallest absolute Gasteiger partial charge is 0.338 e. The van der Waals surface area contributed by atoms with Gasteiger partial charge in [-0.3, -0.25) is 4.79 Å². The molecule has 1 aliphatic rings. The number of fused-ring (bicyclic) bond motifs is 1. The molecular formula is C20H21NO5S. The first-order valence-electron chi connectivity index (χ1n) is 8.68. The molecule has 0 aliphatic carbocycles. The normalized spacial score (nSPS) is 15.0. The number of rotatable bonds is 4. The average molecular weight is 387 g/mol. The minimum Gasteiger partial charge on any atom is -0.449 e. The van der Waals surface area contributed by atoms with Crippen LogP contribution in [-0.2, 0) is 25.8 Å². The number of carbonyl (C=O) groups excluding carboxylic acids is 2. The van der Waals surface area contributed by atoms with Gasteiger partial charge in [0.15, 0.2) is 15.9 Å². The first-order valence-corrected chi connectivity index (χ1v) is 10.6. The van der Waals surface area contributed by atoms with Crippen molar-refractivity contribution in [2.75, 3.05) is 17.7 Å². The number of nitrogens with zero attached hydrogens (tertiary/aromatic N) is 1. The van der Waals surface area contributed by atoms with Crippen molar-refractivity contribution in [1.82, 2.24) is 0 Å². The molecule has 6 nitrogen and oxygen atoms in total. The number of amides is 1. The predicted octanol–water partition coefficient (Wildman–Crippen LogP) is 2.61. The number of hydrogen-bond donors (Lipinski definition) is 0. The van der Waals surface area contributed by atoms with Crippen LogP contribution >= 0.6 is 0 Å². The lowest BCUT2D eigenvalue weighted by atomic mass is 10.0. The fourth-order valence-corrected chi connectivity index (χ4v) is 3.73. The molecule has 0 bridgehead atoms. The molecule has 0 N–H and O–H groups in total. The lowest BCUT2D eigenvalue weighted by molar-refractivity contribution is -0.126. The Kier molecular flexibility index (Phi) is 5.32. The largest absolute Gasteiger partial charge is 0.449 e. The molecule has 1 aliphatic heterocycles. The third-order valence-corrected chi connectivity index (χ3v) is 5.65. The van der Waals surface area contributed by atoms with Gasteiger partial charge >= 0.3 is 5.97 Å². The Hall–Kier alpha value is -2.67. The van der Waals surface area contributed by atoms with E-state index in [1.807, 2.05) is 24.3 Å². The van der Waals surface area contributed by atoms with Crippen molar-refractivity contribution in [2.24, 2.45) is 0 Å². The highest BCUT2D eigenvalue weighted by Gasteiger charge is 2.28. The number of carbonyl (C=O) groups is 2. The van der Waals surface area contributed by atoms with Gasteiger partial charge in [0.05, 0.1) is 10.5 Å². The van der Waals surface area contributed by atoms with Gasteiger partial charge in [0.25, 0.3) is 5.91 Å². The molecule has 0 aromatic heterocycles. The maximum atomic E-state index is 12.8. The van der Waals surface area contributed by atoms with Crippen LogP contribution < -0.4 is 4.90 Å². The fraction of sp³-hybridized carbons (Fsp3) is 0.300. The van der Waals surface area contributed by atoms with Gasteiger partial charge in [0.2, 0.25) is 0 Å². The second-order valence-corrected chi connectivity index (χ2v) is 8.58. The molecule has 1 atom stereocenters. The Labute approximate surface area is 158 Å². The van der Waals surface area contributed by atoms with E-state index >= 15 is 0 Å². The molecule has 2 aromatic rings. The molecule has 1 heterocycles. The molecule has 1 unspecified atom stereocenters. The minimum atomic E-state index is -3.34. The molecule has 3 rings (SSSR count). The highest BCUT2D eigenvalue weighted by atomic mass is 32.2. The molecule has 27 heavy (non-hydrogen) atoms. The minimum absolute atomic E-state index is 0.119. The Morgan fingerprint density at radius 1 is 1.07 bits per heavy atom. The molecule has 0 saturated heterocycles. The summed E-state index contributed by atoms with van der Waals surface area (Å²) in [6, 6.07) is 13.2. The van der Waals surface area contributed by atoms with Crippen molar-refractivity contribution in [1.29, 1.82) is 0 Å². The van der Waals surface area contributed by atoms with Crippen LogP contribution in [0.25, 0.3) is 0 Å². The molecule has 0 fully saturated rings. The zero-order valence-electron chi connectivity index (χ0n) is 15.2. The van der Waals surface area contributed by atoms with E-state index in [1.54, 1.807) is 11.8 Å². The number of ether oxygens (including phenoxy) is 1. The summed E-state index contributed by atoms with van der Waals surface area (Å²) in [4.78, 5) is 26.9. The van der Waals surface area contributed by atoms with Gasteiger partial charge < -0.3 is 9.64 Å². The maximum absolute atomic E-state index is 12.8. The summed E-state index contributed by atoms with van der Waals surface area (Å²) >= 11 is 0. The molecule has 0 radical (unpaired) electrons. The Morgan fingerprint density at radius 2 is 1.74 bits per heavy atom. The van der Waals surface area contributed by atoms with Crippen LogP contribution in [0.15, 0.2) is 53.4 Å². The zero-order valence-corrected chi connectivity index (χ0v) is 16.0. The maximum Gasteiger partial charge on any atom is 0.338 e. The number of esters is 1. The van der Waals surface area contributed by atoms with Gasteiger partial charge in [-0.15, -0.1) is 0 Å². The number of anilines is 1. The lowest BCUT2D eigenvalue weighted by Crippen LogP contribution is -2.42. The van der Waals surface area contributed by atoms with Gasteiger partial charge in [-0.1, -0.05) is 18.2 Å². The molecule has 142 valence electrons. The third-order valence-electron chi connectivity index (χ3n) is 4.53. The van der Waals surface area contributed by atoms with Gasteiger partial charge in [-0.05, 0) is 55.7 Å². The highest BCUT2D eigenvalue weighted by molar-refractivity contribution is 7.90. The molecular weight excluding hydrogens is 366 g/mol. The van der Waals surface area contributed by atoms with Gasteiger partial charge in [-0.2, -0.15) is 0 Å². The van der Waals surface area contributed by atoms with Crippen LogP contribution in [-0.4, -0.2) is 39.2 Å². The summed E-state index contributed by atoms with van der Waals surface area (Å²) in [5, 5.41) is 0. The van der Waals surface area contributed by atoms with E-state index in [4.69, 9.17) is 4.74 Å². The van der Waals surface area contributed by atoms with E-state index in [0.29, 0.717) is 6.54 Å². The fourth-order valence-electron chi connectivity index (χ4n) is 3.10. The van der Waals surface area contributed by atoms with Crippen LogP contribution in [0.2, 0.25) is 0 Å². The molecule has 2 aromatic carbocycles. The van der Waals surface area contributed by atoms with Crippen molar-refractivity contribution in [3.63, 3.8) is 0 Å². The summed E-state index contributed by atoms with van der Waals surface area (Å²) in [6.45, 7) is 2.13. The van der Waals surface area contributed by atoms with E-state index in [1.165, 1.54) is 24.3 Å². The van der Waals surface area contributed by atoms with Gasteiger partial charge in [0, 0.05) is 18.5 Å². The average Bonchev–Trinajstić information content (AvgIpc) is 2.66. The number of hydrogen-bond acceptors (Lipinski definition) is 5. The monoisotopic (exact) mass is 387 g/mol. The van der Waals surface area contributed by atoms with Crippen LogP contribution in [0.3, 0.4) is 0 Å². The van der Waals surface area contributed by atoms with Gasteiger partial charge in [-0.25, -0.2) is 13.2 Å². The standard InChI is InChI=1S/C20H21NO5S/c1-14(19(22)21-13-5-7-15-6-3-4-8-18(15)21)26-20(23)16-9-11-17(12-10-16)27(2,24)25/h3-4,6,8-12,14H,5,7,13H2,1-2H3. The number of para-hydroxylation sites is 1. The topological polar surface area (TPSA) is 80.8 Å². The summed E-state index contributed by atoms with van der Waals surface area (Å²) < 4.78 is 28.3. The van der Waals surface area contributed by atoms with Crippen LogP contribution in [0.1, 0.15) is 29.3 Å². The lowest BCUT2D eigenvalue weighted by Gasteiger charge is -2.31. The molecule has 7 heteroatoms. The van der Waals surface area contributed by atoms with Crippen molar-refractivity contribution in [3.8, 4) is 0 Å². The third kappa shape index (κ3) is 4.19. The number of aryl methyl sites for hydroxylation is 1. The molecule has 0 saturated carbocycles. The first-order chi connectivity index (χ1) is 12.8. The Morgan fingerprint density at radius 3 is 2.41 bits per heavy atom. The van der Waals surface area contributed by atoms with Crippen molar-refractivity contribution in [2.45, 2.75) is 30.8 Å². The van der Waals surface area contributed by atoms with Crippen molar-refractivity contribution >= 4 is 27.4 Å². The van der Waals surface area contributed by atoms with Crippen LogP contribution in [0.5, 0.6) is 0 Å². The Bertz CT molecular complexity index is 966. The second kappa shape index (κ2) is 7.52. The summed E-state index contributed by atoms with van der Waals surface area (Å²) in [5.41, 5.74) is 2.15.